The van der Waals surface area contributed by atoms with E-state index in [4.69, 9.17) is 4.52 Å². The van der Waals surface area contributed by atoms with Crippen molar-refractivity contribution in [2.45, 2.75) is 5.41 Å². The first kappa shape index (κ1) is 19.1. The molecule has 1 atom stereocenters. The Balaban J connectivity index is 1.80. The molecular weight excluding hydrogens is 422 g/mol. The lowest BCUT2D eigenvalue weighted by molar-refractivity contribution is -0.120. The highest BCUT2D eigenvalue weighted by molar-refractivity contribution is 6.16. The van der Waals surface area contributed by atoms with Gasteiger partial charge in [-0.1, -0.05) is 59.8 Å². The summed E-state index contributed by atoms with van der Waals surface area (Å²) < 4.78 is 5.64. The Morgan fingerprint density at radius 2 is 1.76 bits per heavy atom. The van der Waals surface area contributed by atoms with Gasteiger partial charge in [0.05, 0.1) is 11.1 Å². The van der Waals surface area contributed by atoms with Crippen molar-refractivity contribution in [1.29, 1.82) is 0 Å². The van der Waals surface area contributed by atoms with Gasteiger partial charge in [0, 0.05) is 23.4 Å². The number of nitrogens with zero attached hydrogens (tertiary/aromatic N) is 2. The van der Waals surface area contributed by atoms with E-state index in [2.05, 4.69) is 27.0 Å². The van der Waals surface area contributed by atoms with Crippen LogP contribution in [0.4, 0.5) is 17.4 Å². The number of hydrogen-bond acceptors (Lipinski definition) is 6. The molecule has 4 aromatic rings. The van der Waals surface area contributed by atoms with E-state index >= 15 is 0 Å². The molecule has 162 valence electrons. The molecule has 1 spiro atoms. The number of aromatic nitrogens is 3. The lowest BCUT2D eigenvalue weighted by Gasteiger charge is -2.33. The Bertz CT molecular complexity index is 1570. The highest BCUT2D eigenvalue weighted by Crippen LogP contribution is 2.57. The topological polar surface area (TPSA) is 124 Å². The van der Waals surface area contributed by atoms with Crippen molar-refractivity contribution >= 4 is 23.3 Å². The predicted molar refractivity (Wildman–Crippen MR) is 122 cm³/mol. The van der Waals surface area contributed by atoms with E-state index in [0.29, 0.717) is 22.5 Å². The maximum absolute atomic E-state index is 14.3. The molecule has 0 saturated carbocycles. The fourth-order valence-corrected chi connectivity index (χ4v) is 4.94. The summed E-state index contributed by atoms with van der Waals surface area (Å²) in [6.45, 7) is 4.02. The number of anilines is 3. The van der Waals surface area contributed by atoms with Gasteiger partial charge in [0.1, 0.15) is 16.9 Å². The molecule has 0 radical (unpaired) electrons. The lowest BCUT2D eigenvalue weighted by Crippen LogP contribution is -2.49. The third-order valence-electron chi connectivity index (χ3n) is 6.15. The Hall–Kier alpha value is -4.66. The van der Waals surface area contributed by atoms with Crippen LogP contribution in [0.1, 0.15) is 16.7 Å². The van der Waals surface area contributed by atoms with Gasteiger partial charge in [-0.05, 0) is 6.07 Å². The number of nitrogens with one attached hydrogen (secondary N) is 3. The van der Waals surface area contributed by atoms with Crippen LogP contribution < -0.4 is 21.5 Å². The van der Waals surface area contributed by atoms with Crippen LogP contribution in [0.5, 0.6) is 0 Å². The van der Waals surface area contributed by atoms with Gasteiger partial charge in [-0.2, -0.15) is 0 Å². The SMILES string of the molecule is C=CCN1C(=O)[C@@]2(c3ccccc31)c1c(-c3ccccc3)noc1Nc1[nH]c(=O)[nH]c(=O)c12. The zero-order valence-electron chi connectivity index (χ0n) is 17.2. The first-order valence-electron chi connectivity index (χ1n) is 10.3. The summed E-state index contributed by atoms with van der Waals surface area (Å²) in [7, 11) is 0. The second kappa shape index (κ2) is 6.67. The largest absolute Gasteiger partial charge is 0.337 e. The number of carbonyl (C=O) groups is 1. The number of H-pyrrole nitrogens is 2. The molecule has 1 amide bonds. The van der Waals surface area contributed by atoms with Crippen LogP contribution in [0.25, 0.3) is 11.3 Å². The number of para-hydroxylation sites is 1. The standard InChI is InChI=1S/C24H17N5O4/c1-2-12-29-15-11-7-6-10-14(15)24(22(29)31)16-18(13-8-4-3-5-9-13)28-33-21(16)25-19-17(24)20(30)27-23(32)26-19/h2-11H,1,12H2,(H3,25,26,27,30,32)/t24-/m0/s1. The van der Waals surface area contributed by atoms with Gasteiger partial charge in [0.2, 0.25) is 11.8 Å². The Morgan fingerprint density at radius 3 is 2.55 bits per heavy atom. The number of hydrogen-bond donors (Lipinski definition) is 3. The van der Waals surface area contributed by atoms with E-state index in [-0.39, 0.29) is 29.7 Å². The Morgan fingerprint density at radius 1 is 1.00 bits per heavy atom. The van der Waals surface area contributed by atoms with Crippen LogP contribution in [-0.4, -0.2) is 27.6 Å². The van der Waals surface area contributed by atoms with Crippen molar-refractivity contribution in [1.82, 2.24) is 15.1 Å². The zero-order valence-corrected chi connectivity index (χ0v) is 17.2. The molecule has 0 unspecified atom stereocenters. The highest BCUT2D eigenvalue weighted by atomic mass is 16.5. The lowest BCUT2D eigenvalue weighted by atomic mass is 9.68. The molecule has 33 heavy (non-hydrogen) atoms. The minimum atomic E-state index is -1.58. The molecule has 4 heterocycles. The number of fused-ring (bicyclic) bond motifs is 6. The first-order chi connectivity index (χ1) is 16.1. The summed E-state index contributed by atoms with van der Waals surface area (Å²) in [4.78, 5) is 46.2. The van der Waals surface area contributed by atoms with Gasteiger partial charge in [0.25, 0.3) is 5.56 Å². The summed E-state index contributed by atoms with van der Waals surface area (Å²) >= 11 is 0. The van der Waals surface area contributed by atoms with Gasteiger partial charge in [0.15, 0.2) is 0 Å². The van der Waals surface area contributed by atoms with E-state index in [9.17, 15) is 14.4 Å². The molecule has 9 nitrogen and oxygen atoms in total. The van der Waals surface area contributed by atoms with Crippen molar-refractivity contribution in [3.63, 3.8) is 0 Å². The van der Waals surface area contributed by atoms with E-state index in [1.807, 2.05) is 54.6 Å². The third kappa shape index (κ3) is 2.35. The van der Waals surface area contributed by atoms with Crippen LogP contribution in [0.3, 0.4) is 0 Å². The predicted octanol–water partition coefficient (Wildman–Crippen LogP) is 2.64. The number of amides is 1. The third-order valence-corrected chi connectivity index (χ3v) is 6.15. The second-order valence-corrected chi connectivity index (χ2v) is 7.86. The summed E-state index contributed by atoms with van der Waals surface area (Å²) in [6, 6.07) is 16.5. The molecule has 0 aliphatic carbocycles. The molecule has 2 aromatic heterocycles. The Labute approximate surface area is 186 Å². The average molecular weight is 439 g/mol. The summed E-state index contributed by atoms with van der Waals surface area (Å²) in [6.07, 6.45) is 1.62. The average Bonchev–Trinajstić information content (AvgIpc) is 3.34. The zero-order chi connectivity index (χ0) is 22.7. The summed E-state index contributed by atoms with van der Waals surface area (Å²) in [5, 5.41) is 7.23. The number of aromatic amines is 2. The van der Waals surface area contributed by atoms with Crippen LogP contribution in [0.15, 0.2) is 81.4 Å². The van der Waals surface area contributed by atoms with Crippen molar-refractivity contribution in [3.8, 4) is 11.3 Å². The van der Waals surface area contributed by atoms with Gasteiger partial charge >= 0.3 is 5.69 Å². The number of rotatable bonds is 3. The van der Waals surface area contributed by atoms with Crippen molar-refractivity contribution in [2.24, 2.45) is 0 Å². The quantitative estimate of drug-likeness (QED) is 0.422. The first-order valence-corrected chi connectivity index (χ1v) is 10.3. The van der Waals surface area contributed by atoms with E-state index in [1.165, 1.54) is 0 Å². The minimum absolute atomic E-state index is 0.0824. The van der Waals surface area contributed by atoms with Crippen LogP contribution >= 0.6 is 0 Å². The maximum Gasteiger partial charge on any atom is 0.327 e. The fraction of sp³-hybridized carbons (Fsp3) is 0.0833. The number of benzene rings is 2. The van der Waals surface area contributed by atoms with Gasteiger partial charge in [-0.25, -0.2) is 4.79 Å². The van der Waals surface area contributed by atoms with Crippen LogP contribution in [0.2, 0.25) is 0 Å². The summed E-state index contributed by atoms with van der Waals surface area (Å²) in [5.41, 5.74) is -0.0608. The molecule has 0 saturated heterocycles. The van der Waals surface area contributed by atoms with Gasteiger partial charge < -0.3 is 14.7 Å². The van der Waals surface area contributed by atoms with Crippen LogP contribution in [0, 0.1) is 0 Å². The van der Waals surface area contributed by atoms with Crippen molar-refractivity contribution in [3.05, 3.63) is 105 Å². The van der Waals surface area contributed by atoms with Crippen molar-refractivity contribution < 1.29 is 9.32 Å². The van der Waals surface area contributed by atoms with Gasteiger partial charge in [-0.15, -0.1) is 6.58 Å². The van der Waals surface area contributed by atoms with Gasteiger partial charge in [-0.3, -0.25) is 19.6 Å². The minimum Gasteiger partial charge on any atom is -0.337 e. The normalized spacial score (nSPS) is 17.9. The molecule has 0 bridgehead atoms. The van der Waals surface area contributed by atoms with Crippen LogP contribution in [-0.2, 0) is 10.2 Å². The molecule has 0 fully saturated rings. The molecular formula is C24H17N5O4. The molecule has 2 aromatic carbocycles. The molecule has 2 aliphatic heterocycles. The second-order valence-electron chi connectivity index (χ2n) is 7.86. The monoisotopic (exact) mass is 439 g/mol. The summed E-state index contributed by atoms with van der Waals surface area (Å²) in [5.74, 6) is -0.0765. The molecule has 3 N–H and O–H groups in total. The van der Waals surface area contributed by atoms with E-state index in [0.717, 1.165) is 5.56 Å². The Kier molecular flexibility index (Phi) is 3.85. The maximum atomic E-state index is 14.3. The fourth-order valence-electron chi connectivity index (χ4n) is 4.94. The molecule has 9 heteroatoms. The smallest absolute Gasteiger partial charge is 0.327 e. The highest BCUT2D eigenvalue weighted by Gasteiger charge is 2.61. The van der Waals surface area contributed by atoms with E-state index < -0.39 is 16.7 Å². The van der Waals surface area contributed by atoms with E-state index in [1.54, 1.807) is 11.0 Å². The molecule has 6 rings (SSSR count). The molecule has 2 aliphatic rings. The van der Waals surface area contributed by atoms with Crippen molar-refractivity contribution in [2.75, 3.05) is 16.8 Å². The number of carbonyl (C=O) groups excluding carboxylic acids is 1.